The number of nitrogens with zero attached hydrogens (tertiary/aromatic N) is 1. The molecule has 0 aliphatic carbocycles. The number of thioether (sulfide) groups is 1. The van der Waals surface area contributed by atoms with Gasteiger partial charge in [0.1, 0.15) is 0 Å². The normalized spacial score (nSPS) is 28.4. The van der Waals surface area contributed by atoms with Crippen LogP contribution in [0.5, 0.6) is 0 Å². The Hall–Kier alpha value is -0.910. The molecule has 0 saturated carbocycles. The van der Waals surface area contributed by atoms with E-state index >= 15 is 0 Å². The lowest BCUT2D eigenvalue weighted by molar-refractivity contribution is -0.142. The van der Waals surface area contributed by atoms with Crippen molar-refractivity contribution in [3.63, 3.8) is 0 Å². The van der Waals surface area contributed by atoms with E-state index in [4.69, 9.17) is 5.11 Å². The molecule has 2 rings (SSSR count). The zero-order valence-electron chi connectivity index (χ0n) is 11.3. The van der Waals surface area contributed by atoms with E-state index in [-0.39, 0.29) is 11.9 Å². The lowest BCUT2D eigenvalue weighted by atomic mass is 9.99. The summed E-state index contributed by atoms with van der Waals surface area (Å²) in [6, 6.07) is -0.103. The number of rotatable bonds is 3. The zero-order chi connectivity index (χ0) is 13.8. The molecule has 0 unspecified atom stereocenters. The number of amides is 2. The van der Waals surface area contributed by atoms with Crippen LogP contribution >= 0.6 is 11.8 Å². The van der Waals surface area contributed by atoms with Gasteiger partial charge in [0.2, 0.25) is 0 Å². The van der Waals surface area contributed by atoms with Gasteiger partial charge in [0.15, 0.2) is 0 Å². The molecule has 0 aromatic rings. The van der Waals surface area contributed by atoms with E-state index < -0.39 is 11.9 Å². The number of hydrogen-bond acceptors (Lipinski definition) is 3. The largest absolute Gasteiger partial charge is 0.481 e. The van der Waals surface area contributed by atoms with Crippen LogP contribution < -0.4 is 5.32 Å². The van der Waals surface area contributed by atoms with E-state index in [1.54, 1.807) is 4.90 Å². The third-order valence-corrected chi connectivity index (χ3v) is 5.15. The molecule has 0 spiro atoms. The summed E-state index contributed by atoms with van der Waals surface area (Å²) in [7, 11) is 0. The third kappa shape index (κ3) is 3.78. The SMILES string of the molecule is C[C@@H]1CN(C(=O)NCC2CCSCC2)C[C@H]1C(=O)O. The standard InChI is InChI=1S/C13H22N2O3S/c1-9-7-15(8-11(9)12(16)17)13(18)14-6-10-2-4-19-5-3-10/h9-11H,2-8H2,1H3,(H,14,18)(H,16,17)/t9-,11-/m1/s1. The molecule has 0 bridgehead atoms. The maximum absolute atomic E-state index is 12.0. The summed E-state index contributed by atoms with van der Waals surface area (Å²) in [6.45, 7) is 3.50. The van der Waals surface area contributed by atoms with Crippen molar-refractivity contribution in [3.8, 4) is 0 Å². The number of hydrogen-bond donors (Lipinski definition) is 2. The highest BCUT2D eigenvalue weighted by Gasteiger charge is 2.36. The zero-order valence-corrected chi connectivity index (χ0v) is 12.1. The van der Waals surface area contributed by atoms with Gasteiger partial charge in [-0.3, -0.25) is 4.79 Å². The first-order valence-electron chi connectivity index (χ1n) is 6.91. The molecule has 2 amide bonds. The van der Waals surface area contributed by atoms with Gasteiger partial charge < -0.3 is 15.3 Å². The molecule has 6 heteroatoms. The molecule has 0 radical (unpaired) electrons. The number of carboxylic acids is 1. The van der Waals surface area contributed by atoms with Crippen molar-refractivity contribution in [2.75, 3.05) is 31.1 Å². The minimum Gasteiger partial charge on any atom is -0.481 e. The molecule has 108 valence electrons. The quantitative estimate of drug-likeness (QED) is 0.825. The molecule has 2 fully saturated rings. The van der Waals surface area contributed by atoms with Crippen molar-refractivity contribution in [2.45, 2.75) is 19.8 Å². The second-order valence-electron chi connectivity index (χ2n) is 5.57. The summed E-state index contributed by atoms with van der Waals surface area (Å²) in [4.78, 5) is 24.7. The highest BCUT2D eigenvalue weighted by Crippen LogP contribution is 2.24. The van der Waals surface area contributed by atoms with E-state index in [2.05, 4.69) is 5.32 Å². The molecule has 2 atom stereocenters. The van der Waals surface area contributed by atoms with Crippen LogP contribution in [-0.4, -0.2) is 53.1 Å². The summed E-state index contributed by atoms with van der Waals surface area (Å²) in [5.74, 6) is 1.77. The minimum absolute atomic E-state index is 0.0364. The van der Waals surface area contributed by atoms with Crippen molar-refractivity contribution < 1.29 is 14.7 Å². The molecule has 2 heterocycles. The molecule has 2 N–H and O–H groups in total. The molecule has 2 aliphatic heterocycles. The number of urea groups is 1. The monoisotopic (exact) mass is 286 g/mol. The highest BCUT2D eigenvalue weighted by atomic mass is 32.2. The molecule has 2 saturated heterocycles. The summed E-state index contributed by atoms with van der Waals surface area (Å²) >= 11 is 1.97. The average Bonchev–Trinajstić information content (AvgIpc) is 2.79. The molecule has 0 aromatic heterocycles. The molecule has 5 nitrogen and oxygen atoms in total. The maximum Gasteiger partial charge on any atom is 0.317 e. The first kappa shape index (κ1) is 14.5. The van der Waals surface area contributed by atoms with E-state index in [0.717, 1.165) is 6.54 Å². The number of carbonyl (C=O) groups is 2. The van der Waals surface area contributed by atoms with Crippen LogP contribution in [0.4, 0.5) is 4.79 Å². The minimum atomic E-state index is -0.799. The van der Waals surface area contributed by atoms with Gasteiger partial charge in [-0.2, -0.15) is 11.8 Å². The predicted molar refractivity (Wildman–Crippen MR) is 75.3 cm³/mol. The smallest absolute Gasteiger partial charge is 0.317 e. The number of carboxylic acid groups (broad SMARTS) is 1. The number of carbonyl (C=O) groups excluding carboxylic acids is 1. The van der Waals surface area contributed by atoms with Gasteiger partial charge in [-0.25, -0.2) is 4.79 Å². The van der Waals surface area contributed by atoms with E-state index in [0.29, 0.717) is 19.0 Å². The average molecular weight is 286 g/mol. The topological polar surface area (TPSA) is 69.6 Å². The Morgan fingerprint density at radius 3 is 2.58 bits per heavy atom. The fraction of sp³-hybridized carbons (Fsp3) is 0.846. The van der Waals surface area contributed by atoms with E-state index in [1.807, 2.05) is 18.7 Å². The van der Waals surface area contributed by atoms with Gasteiger partial charge in [-0.05, 0) is 36.2 Å². The Morgan fingerprint density at radius 1 is 1.32 bits per heavy atom. The van der Waals surface area contributed by atoms with Gasteiger partial charge in [0.05, 0.1) is 5.92 Å². The Bertz CT molecular complexity index is 345. The molecule has 2 aliphatic rings. The maximum atomic E-state index is 12.0. The van der Waals surface area contributed by atoms with Crippen LogP contribution in [0.15, 0.2) is 0 Å². The van der Waals surface area contributed by atoms with Crippen LogP contribution in [0.2, 0.25) is 0 Å². The number of nitrogens with one attached hydrogen (secondary N) is 1. The second kappa shape index (κ2) is 6.50. The van der Waals surface area contributed by atoms with Gasteiger partial charge in [0, 0.05) is 19.6 Å². The highest BCUT2D eigenvalue weighted by molar-refractivity contribution is 7.99. The van der Waals surface area contributed by atoms with Crippen LogP contribution in [0, 0.1) is 17.8 Å². The first-order chi connectivity index (χ1) is 9.08. The second-order valence-corrected chi connectivity index (χ2v) is 6.79. The van der Waals surface area contributed by atoms with Crippen molar-refractivity contribution in [1.82, 2.24) is 10.2 Å². The fourth-order valence-electron chi connectivity index (χ4n) is 2.75. The van der Waals surface area contributed by atoms with Gasteiger partial charge in [0.25, 0.3) is 0 Å². The fourth-order valence-corrected chi connectivity index (χ4v) is 3.95. The molecule has 19 heavy (non-hydrogen) atoms. The summed E-state index contributed by atoms with van der Waals surface area (Å²) in [5.41, 5.74) is 0. The Labute approximate surface area is 118 Å². The Kier molecular flexibility index (Phi) is 4.96. The van der Waals surface area contributed by atoms with E-state index in [9.17, 15) is 9.59 Å². The molecular formula is C13H22N2O3S. The van der Waals surface area contributed by atoms with Gasteiger partial charge in [-0.15, -0.1) is 0 Å². The Balaban J connectivity index is 1.76. The first-order valence-corrected chi connectivity index (χ1v) is 8.06. The van der Waals surface area contributed by atoms with Crippen LogP contribution in [-0.2, 0) is 4.79 Å². The van der Waals surface area contributed by atoms with Crippen molar-refractivity contribution in [3.05, 3.63) is 0 Å². The summed E-state index contributed by atoms with van der Waals surface area (Å²) in [5, 5.41) is 12.0. The summed E-state index contributed by atoms with van der Waals surface area (Å²) in [6.07, 6.45) is 2.33. The molecular weight excluding hydrogens is 264 g/mol. The van der Waals surface area contributed by atoms with Crippen LogP contribution in [0.3, 0.4) is 0 Å². The third-order valence-electron chi connectivity index (χ3n) is 4.10. The predicted octanol–water partition coefficient (Wildman–Crippen LogP) is 1.49. The van der Waals surface area contributed by atoms with Gasteiger partial charge in [-0.1, -0.05) is 6.92 Å². The lowest BCUT2D eigenvalue weighted by Crippen LogP contribution is -2.41. The van der Waals surface area contributed by atoms with Crippen molar-refractivity contribution in [1.29, 1.82) is 0 Å². The van der Waals surface area contributed by atoms with Gasteiger partial charge >= 0.3 is 12.0 Å². The number of aliphatic carboxylic acids is 1. The van der Waals surface area contributed by atoms with Crippen LogP contribution in [0.25, 0.3) is 0 Å². The van der Waals surface area contributed by atoms with Crippen molar-refractivity contribution >= 4 is 23.8 Å². The van der Waals surface area contributed by atoms with Crippen LogP contribution in [0.1, 0.15) is 19.8 Å². The van der Waals surface area contributed by atoms with Crippen molar-refractivity contribution in [2.24, 2.45) is 17.8 Å². The summed E-state index contributed by atoms with van der Waals surface area (Å²) < 4.78 is 0. The van der Waals surface area contributed by atoms with E-state index in [1.165, 1.54) is 24.3 Å². The number of likely N-dealkylation sites (tertiary alicyclic amines) is 1. The Morgan fingerprint density at radius 2 is 2.00 bits per heavy atom. The lowest BCUT2D eigenvalue weighted by Gasteiger charge is -2.23. The molecule has 0 aromatic carbocycles.